The molecule has 43 heavy (non-hydrogen) atoms. The zero-order chi connectivity index (χ0) is 28.7. The molecule has 0 aliphatic heterocycles. The van der Waals surface area contributed by atoms with E-state index in [4.69, 9.17) is 0 Å². The van der Waals surface area contributed by atoms with Gasteiger partial charge in [0.15, 0.2) is 0 Å². The van der Waals surface area contributed by atoms with Crippen molar-refractivity contribution >= 4 is 38.1 Å². The first-order valence-electron chi connectivity index (χ1n) is 16.0. The average Bonchev–Trinajstić information content (AvgIpc) is 3.57. The molecule has 0 spiro atoms. The van der Waals surface area contributed by atoms with Crippen molar-refractivity contribution in [3.8, 4) is 22.3 Å². The van der Waals surface area contributed by atoms with Gasteiger partial charge in [0.2, 0.25) is 0 Å². The molecule has 0 radical (unpaired) electrons. The number of nitrogens with zero attached hydrogens (tertiary/aromatic N) is 1. The first kappa shape index (κ1) is 24.9. The van der Waals surface area contributed by atoms with Crippen LogP contribution in [0.2, 0.25) is 0 Å². The summed E-state index contributed by atoms with van der Waals surface area (Å²) in [7, 11) is 0. The molecule has 9 rings (SSSR count). The van der Waals surface area contributed by atoms with Gasteiger partial charge in [0, 0.05) is 33.0 Å². The third-order valence-corrected chi connectivity index (χ3v) is 10.4. The molecule has 0 saturated carbocycles. The van der Waals surface area contributed by atoms with E-state index in [1.54, 1.807) is 16.7 Å². The fraction of sp³-hybridized carbons (Fsp3) is 0.190. The third-order valence-electron chi connectivity index (χ3n) is 10.4. The Morgan fingerprint density at radius 2 is 1.47 bits per heavy atom. The molecule has 208 valence electrons. The van der Waals surface area contributed by atoms with E-state index in [1.807, 2.05) is 0 Å². The van der Waals surface area contributed by atoms with Crippen molar-refractivity contribution in [1.82, 2.24) is 4.40 Å². The maximum Gasteiger partial charge on any atom is 0.0620 e. The van der Waals surface area contributed by atoms with E-state index >= 15 is 0 Å². The second kappa shape index (κ2) is 9.44. The summed E-state index contributed by atoms with van der Waals surface area (Å²) in [5.74, 6) is 1.12. The largest absolute Gasteiger partial charge is 0.307 e. The quantitative estimate of drug-likeness (QED) is 0.204. The molecule has 0 fully saturated rings. The molecule has 2 aromatic heterocycles. The van der Waals surface area contributed by atoms with Crippen LogP contribution in [0.15, 0.2) is 121 Å². The summed E-state index contributed by atoms with van der Waals surface area (Å²) in [6.45, 7) is 4.65. The number of rotatable bonds is 4. The Bertz CT molecular complexity index is 2270. The monoisotopic (exact) mass is 553 g/mol. The second-order valence-electron chi connectivity index (χ2n) is 12.7. The van der Waals surface area contributed by atoms with Crippen molar-refractivity contribution < 1.29 is 0 Å². The Labute approximate surface area is 253 Å². The predicted molar refractivity (Wildman–Crippen MR) is 184 cm³/mol. The molecule has 2 atom stereocenters. The standard InChI is InChI=1S/C42H35N/c1-3-11-29-25-27-12-4-5-13-31(27)35-17-9-16-34(40(29)35)30-23-22-28(24-26(30)2)32-15-8-19-37-38-20-10-18-36-33-14-6-7-21-39(33)43(41(32)37)42(36)38/h4-10,12,14-24,29,31H,3,11,13,25H2,1-2H3. The third kappa shape index (κ3) is 3.51. The molecule has 1 heteroatoms. The molecular weight excluding hydrogens is 518 g/mol. The number of aryl methyl sites for hydroxylation is 1. The van der Waals surface area contributed by atoms with Crippen LogP contribution in [-0.4, -0.2) is 4.40 Å². The summed E-state index contributed by atoms with van der Waals surface area (Å²) < 4.78 is 2.51. The number of para-hydroxylation sites is 3. The van der Waals surface area contributed by atoms with Gasteiger partial charge in [-0.1, -0.05) is 128 Å². The summed E-state index contributed by atoms with van der Waals surface area (Å²) in [4.78, 5) is 0. The molecule has 2 aliphatic carbocycles. The highest BCUT2D eigenvalue weighted by Crippen LogP contribution is 2.51. The van der Waals surface area contributed by atoms with Crippen molar-refractivity contribution in [2.24, 2.45) is 0 Å². The summed E-state index contributed by atoms with van der Waals surface area (Å²) in [6.07, 6.45) is 11.8. The summed E-state index contributed by atoms with van der Waals surface area (Å²) in [6, 6.07) is 36.8. The van der Waals surface area contributed by atoms with Crippen LogP contribution in [0.5, 0.6) is 0 Å². The van der Waals surface area contributed by atoms with Crippen molar-refractivity contribution in [3.05, 3.63) is 138 Å². The van der Waals surface area contributed by atoms with Crippen LogP contribution in [-0.2, 0) is 0 Å². The van der Waals surface area contributed by atoms with Crippen LogP contribution < -0.4 is 0 Å². The van der Waals surface area contributed by atoms with Gasteiger partial charge < -0.3 is 4.40 Å². The fourth-order valence-corrected chi connectivity index (χ4v) is 8.61. The van der Waals surface area contributed by atoms with Crippen molar-refractivity contribution in [2.75, 3.05) is 0 Å². The summed E-state index contributed by atoms with van der Waals surface area (Å²) in [5, 5.41) is 5.33. The number of allylic oxidation sites excluding steroid dienone is 4. The Morgan fingerprint density at radius 3 is 2.33 bits per heavy atom. The highest BCUT2D eigenvalue weighted by molar-refractivity contribution is 6.25. The maximum atomic E-state index is 2.51. The molecule has 2 heterocycles. The normalized spacial score (nSPS) is 18.0. The predicted octanol–water partition coefficient (Wildman–Crippen LogP) is 11.7. The smallest absolute Gasteiger partial charge is 0.0620 e. The molecule has 2 aliphatic rings. The van der Waals surface area contributed by atoms with E-state index in [-0.39, 0.29) is 0 Å². The minimum Gasteiger partial charge on any atom is -0.307 e. The van der Waals surface area contributed by atoms with Gasteiger partial charge >= 0.3 is 0 Å². The van der Waals surface area contributed by atoms with Gasteiger partial charge in [0.25, 0.3) is 0 Å². The number of hydrogen-bond donors (Lipinski definition) is 0. The molecule has 0 saturated heterocycles. The SMILES string of the molecule is CCCC1CC2=CC=CCC2c2cccc(-c3ccc(-c4cccc5c6cccc7c8ccccc8n(c45)c76)cc3C)c21. The molecule has 1 nitrogen and oxygen atoms in total. The van der Waals surface area contributed by atoms with E-state index in [0.717, 1.165) is 6.42 Å². The van der Waals surface area contributed by atoms with Gasteiger partial charge in [-0.25, -0.2) is 0 Å². The lowest BCUT2D eigenvalue weighted by Crippen LogP contribution is -2.19. The lowest BCUT2D eigenvalue weighted by atomic mass is 9.68. The number of fused-ring (bicyclic) bond motifs is 9. The van der Waals surface area contributed by atoms with Gasteiger partial charge in [-0.15, -0.1) is 0 Å². The maximum absolute atomic E-state index is 2.51. The topological polar surface area (TPSA) is 4.41 Å². The minimum atomic E-state index is 0.536. The first-order valence-corrected chi connectivity index (χ1v) is 16.0. The van der Waals surface area contributed by atoms with Crippen molar-refractivity contribution in [1.29, 1.82) is 0 Å². The highest BCUT2D eigenvalue weighted by Gasteiger charge is 2.32. The first-order chi connectivity index (χ1) is 21.2. The number of hydrogen-bond acceptors (Lipinski definition) is 0. The Morgan fingerprint density at radius 1 is 0.721 bits per heavy atom. The van der Waals surface area contributed by atoms with E-state index in [2.05, 4.69) is 134 Å². The molecule has 7 aromatic rings. The van der Waals surface area contributed by atoms with Gasteiger partial charge in [-0.3, -0.25) is 0 Å². The van der Waals surface area contributed by atoms with Gasteiger partial charge in [-0.2, -0.15) is 0 Å². The Balaban J connectivity index is 1.24. The second-order valence-corrected chi connectivity index (χ2v) is 12.7. The fourth-order valence-electron chi connectivity index (χ4n) is 8.61. The number of benzene rings is 5. The van der Waals surface area contributed by atoms with Gasteiger partial charge in [0.1, 0.15) is 0 Å². The van der Waals surface area contributed by atoms with Crippen LogP contribution in [0.1, 0.15) is 61.1 Å². The molecule has 0 bridgehead atoms. The van der Waals surface area contributed by atoms with Crippen LogP contribution in [0.3, 0.4) is 0 Å². The Hall–Kier alpha value is -4.62. The Kier molecular flexibility index (Phi) is 5.47. The molecule has 0 amide bonds. The van der Waals surface area contributed by atoms with Crippen LogP contribution in [0, 0.1) is 6.92 Å². The summed E-state index contributed by atoms with van der Waals surface area (Å²) in [5.41, 5.74) is 15.5. The molecule has 0 N–H and O–H groups in total. The lowest BCUT2D eigenvalue weighted by molar-refractivity contribution is 0.544. The lowest BCUT2D eigenvalue weighted by Gasteiger charge is -2.36. The van der Waals surface area contributed by atoms with Crippen molar-refractivity contribution in [2.45, 2.75) is 51.4 Å². The van der Waals surface area contributed by atoms with Crippen LogP contribution in [0.4, 0.5) is 0 Å². The molecule has 2 unspecified atom stereocenters. The van der Waals surface area contributed by atoms with Gasteiger partial charge in [-0.05, 0) is 71.6 Å². The van der Waals surface area contributed by atoms with Crippen LogP contribution in [0.25, 0.3) is 60.3 Å². The van der Waals surface area contributed by atoms with E-state index in [9.17, 15) is 0 Å². The van der Waals surface area contributed by atoms with E-state index in [0.29, 0.717) is 11.8 Å². The zero-order valence-corrected chi connectivity index (χ0v) is 24.9. The summed E-state index contributed by atoms with van der Waals surface area (Å²) >= 11 is 0. The minimum absolute atomic E-state index is 0.536. The molecule has 5 aromatic carbocycles. The van der Waals surface area contributed by atoms with E-state index < -0.39 is 0 Å². The average molecular weight is 554 g/mol. The van der Waals surface area contributed by atoms with Crippen molar-refractivity contribution in [3.63, 3.8) is 0 Å². The zero-order valence-electron chi connectivity index (χ0n) is 24.9. The highest BCUT2D eigenvalue weighted by atomic mass is 14.9. The van der Waals surface area contributed by atoms with E-state index in [1.165, 1.54) is 85.2 Å². The number of aromatic nitrogens is 1. The van der Waals surface area contributed by atoms with Crippen LogP contribution >= 0.6 is 0 Å². The molecular formula is C42H35N. The van der Waals surface area contributed by atoms with Gasteiger partial charge in [0.05, 0.1) is 16.6 Å².